The first kappa shape index (κ1) is 11.9. The van der Waals surface area contributed by atoms with Gasteiger partial charge in [-0.2, -0.15) is 0 Å². The summed E-state index contributed by atoms with van der Waals surface area (Å²) in [6.07, 6.45) is 0. The van der Waals surface area contributed by atoms with Gasteiger partial charge in [-0.1, -0.05) is 12.1 Å². The highest BCUT2D eigenvalue weighted by molar-refractivity contribution is 5.54. The van der Waals surface area contributed by atoms with Gasteiger partial charge in [0.1, 0.15) is 11.5 Å². The first-order valence-corrected chi connectivity index (χ1v) is 5.35. The number of para-hydroxylation sites is 2. The number of aryl methyl sites for hydroxylation is 1. The quantitative estimate of drug-likeness (QED) is 0.510. The van der Waals surface area contributed by atoms with E-state index in [1.807, 2.05) is 12.1 Å². The van der Waals surface area contributed by atoms with Crippen LogP contribution < -0.4 is 10.5 Å². The van der Waals surface area contributed by atoms with Crippen LogP contribution in [0.2, 0.25) is 0 Å². The smallest absolute Gasteiger partial charge is 0.269 e. The van der Waals surface area contributed by atoms with Gasteiger partial charge in [0.15, 0.2) is 0 Å². The molecule has 2 N–H and O–H groups in total. The molecule has 5 heteroatoms. The Morgan fingerprint density at radius 3 is 2.50 bits per heavy atom. The molecular formula is C13H12N2O3. The Bertz CT molecular complexity index is 597. The van der Waals surface area contributed by atoms with E-state index >= 15 is 0 Å². The summed E-state index contributed by atoms with van der Waals surface area (Å²) in [4.78, 5) is 10.2. The zero-order valence-corrected chi connectivity index (χ0v) is 9.79. The Labute approximate surface area is 104 Å². The SMILES string of the molecule is Cc1cc([N+](=O)[O-])ccc1Oc1ccccc1N. The van der Waals surface area contributed by atoms with Crippen molar-refractivity contribution >= 4 is 11.4 Å². The van der Waals surface area contributed by atoms with Crippen LogP contribution in [-0.4, -0.2) is 4.92 Å². The second-order valence-electron chi connectivity index (χ2n) is 3.85. The van der Waals surface area contributed by atoms with E-state index in [0.717, 1.165) is 0 Å². The molecule has 18 heavy (non-hydrogen) atoms. The third-order valence-corrected chi connectivity index (χ3v) is 2.51. The third kappa shape index (κ3) is 2.40. The van der Waals surface area contributed by atoms with Gasteiger partial charge in [-0.05, 0) is 30.7 Å². The Morgan fingerprint density at radius 2 is 1.89 bits per heavy atom. The summed E-state index contributed by atoms with van der Waals surface area (Å²) in [5.41, 5.74) is 7.02. The Kier molecular flexibility index (Phi) is 3.14. The largest absolute Gasteiger partial charge is 0.455 e. The number of nitrogens with two attached hydrogens (primary N) is 1. The van der Waals surface area contributed by atoms with E-state index in [2.05, 4.69) is 0 Å². The predicted octanol–water partition coefficient (Wildman–Crippen LogP) is 3.28. The van der Waals surface area contributed by atoms with Crippen molar-refractivity contribution < 1.29 is 9.66 Å². The molecule has 0 saturated carbocycles. The van der Waals surface area contributed by atoms with Crippen LogP contribution in [0.15, 0.2) is 42.5 Å². The summed E-state index contributed by atoms with van der Waals surface area (Å²) in [6.45, 7) is 1.75. The molecule has 0 unspecified atom stereocenters. The number of ether oxygens (including phenoxy) is 1. The number of rotatable bonds is 3. The van der Waals surface area contributed by atoms with Gasteiger partial charge in [-0.3, -0.25) is 10.1 Å². The van der Waals surface area contributed by atoms with Gasteiger partial charge in [-0.15, -0.1) is 0 Å². The van der Waals surface area contributed by atoms with Gasteiger partial charge in [0.25, 0.3) is 5.69 Å². The molecule has 0 saturated heterocycles. The summed E-state index contributed by atoms with van der Waals surface area (Å²) in [5.74, 6) is 1.09. The molecule has 0 aliphatic rings. The molecule has 0 heterocycles. The van der Waals surface area contributed by atoms with Crippen molar-refractivity contribution in [2.75, 3.05) is 5.73 Å². The van der Waals surface area contributed by atoms with Crippen molar-refractivity contribution in [3.8, 4) is 11.5 Å². The lowest BCUT2D eigenvalue weighted by Crippen LogP contribution is -1.94. The molecule has 0 radical (unpaired) electrons. The Balaban J connectivity index is 2.30. The highest BCUT2D eigenvalue weighted by Gasteiger charge is 2.10. The Hall–Kier alpha value is -2.56. The number of hydrogen-bond donors (Lipinski definition) is 1. The number of benzene rings is 2. The van der Waals surface area contributed by atoms with Crippen LogP contribution in [0.4, 0.5) is 11.4 Å². The number of anilines is 1. The van der Waals surface area contributed by atoms with Gasteiger partial charge < -0.3 is 10.5 Å². The molecule has 0 bridgehead atoms. The van der Waals surface area contributed by atoms with E-state index < -0.39 is 4.92 Å². The van der Waals surface area contributed by atoms with Crippen molar-refractivity contribution in [1.82, 2.24) is 0 Å². The third-order valence-electron chi connectivity index (χ3n) is 2.51. The summed E-state index contributed by atoms with van der Waals surface area (Å²) in [5, 5.41) is 10.6. The van der Waals surface area contributed by atoms with E-state index in [1.54, 1.807) is 25.1 Å². The topological polar surface area (TPSA) is 78.4 Å². The van der Waals surface area contributed by atoms with Crippen molar-refractivity contribution in [2.45, 2.75) is 6.92 Å². The normalized spacial score (nSPS) is 10.1. The fourth-order valence-corrected chi connectivity index (χ4v) is 1.55. The molecule has 0 atom stereocenters. The van der Waals surface area contributed by atoms with E-state index in [9.17, 15) is 10.1 Å². The molecule has 2 aromatic carbocycles. The zero-order valence-electron chi connectivity index (χ0n) is 9.79. The first-order chi connectivity index (χ1) is 8.58. The van der Waals surface area contributed by atoms with Crippen molar-refractivity contribution in [2.24, 2.45) is 0 Å². The molecule has 0 fully saturated rings. The van der Waals surface area contributed by atoms with Crippen LogP contribution in [0.5, 0.6) is 11.5 Å². The summed E-state index contributed by atoms with van der Waals surface area (Å²) in [7, 11) is 0. The highest BCUT2D eigenvalue weighted by Crippen LogP contribution is 2.30. The lowest BCUT2D eigenvalue weighted by atomic mass is 10.2. The van der Waals surface area contributed by atoms with E-state index in [0.29, 0.717) is 22.7 Å². The average molecular weight is 244 g/mol. The zero-order chi connectivity index (χ0) is 13.1. The second kappa shape index (κ2) is 4.75. The lowest BCUT2D eigenvalue weighted by molar-refractivity contribution is -0.384. The molecule has 0 aliphatic heterocycles. The summed E-state index contributed by atoms with van der Waals surface area (Å²) in [6, 6.07) is 11.5. The maximum atomic E-state index is 10.6. The Morgan fingerprint density at radius 1 is 1.17 bits per heavy atom. The van der Waals surface area contributed by atoms with E-state index in [1.165, 1.54) is 12.1 Å². The minimum absolute atomic E-state index is 0.0425. The van der Waals surface area contributed by atoms with Crippen LogP contribution in [0.1, 0.15) is 5.56 Å². The molecule has 0 aliphatic carbocycles. The van der Waals surface area contributed by atoms with Gasteiger partial charge in [-0.25, -0.2) is 0 Å². The number of nitrogens with zero attached hydrogens (tertiary/aromatic N) is 1. The molecule has 2 rings (SSSR count). The van der Waals surface area contributed by atoms with Crippen LogP contribution in [0.25, 0.3) is 0 Å². The average Bonchev–Trinajstić information content (AvgIpc) is 2.34. The number of nitro benzene ring substituents is 1. The summed E-state index contributed by atoms with van der Waals surface area (Å²) >= 11 is 0. The molecule has 2 aromatic rings. The van der Waals surface area contributed by atoms with Gasteiger partial charge >= 0.3 is 0 Å². The molecule has 92 valence electrons. The fourth-order valence-electron chi connectivity index (χ4n) is 1.55. The van der Waals surface area contributed by atoms with Crippen molar-refractivity contribution in [3.63, 3.8) is 0 Å². The van der Waals surface area contributed by atoms with Crippen LogP contribution in [0.3, 0.4) is 0 Å². The molecule has 0 amide bonds. The molecule has 0 aromatic heterocycles. The van der Waals surface area contributed by atoms with E-state index in [4.69, 9.17) is 10.5 Å². The molecule has 0 spiro atoms. The predicted molar refractivity (Wildman–Crippen MR) is 68.8 cm³/mol. The van der Waals surface area contributed by atoms with Gasteiger partial charge in [0.05, 0.1) is 10.6 Å². The number of hydrogen-bond acceptors (Lipinski definition) is 4. The fraction of sp³-hybridized carbons (Fsp3) is 0.0769. The van der Waals surface area contributed by atoms with Crippen LogP contribution >= 0.6 is 0 Å². The first-order valence-electron chi connectivity index (χ1n) is 5.35. The number of non-ortho nitro benzene ring substituents is 1. The van der Waals surface area contributed by atoms with E-state index in [-0.39, 0.29) is 5.69 Å². The minimum atomic E-state index is -0.437. The molecule has 5 nitrogen and oxygen atoms in total. The van der Waals surface area contributed by atoms with Crippen molar-refractivity contribution in [1.29, 1.82) is 0 Å². The van der Waals surface area contributed by atoms with Gasteiger partial charge in [0, 0.05) is 12.1 Å². The lowest BCUT2D eigenvalue weighted by Gasteiger charge is -2.10. The molecular weight excluding hydrogens is 232 g/mol. The maximum Gasteiger partial charge on any atom is 0.269 e. The van der Waals surface area contributed by atoms with Gasteiger partial charge in [0.2, 0.25) is 0 Å². The monoisotopic (exact) mass is 244 g/mol. The minimum Gasteiger partial charge on any atom is -0.455 e. The second-order valence-corrected chi connectivity index (χ2v) is 3.85. The highest BCUT2D eigenvalue weighted by atomic mass is 16.6. The number of nitrogen functional groups attached to an aromatic ring is 1. The van der Waals surface area contributed by atoms with Crippen LogP contribution in [0, 0.1) is 17.0 Å². The van der Waals surface area contributed by atoms with Crippen molar-refractivity contribution in [3.05, 3.63) is 58.1 Å². The summed E-state index contributed by atoms with van der Waals surface area (Å²) < 4.78 is 5.63. The maximum absolute atomic E-state index is 10.6. The number of nitro groups is 1. The standard InChI is InChI=1S/C13H12N2O3/c1-9-8-10(15(16)17)6-7-12(9)18-13-5-3-2-4-11(13)14/h2-8H,14H2,1H3. The van der Waals surface area contributed by atoms with Crippen LogP contribution in [-0.2, 0) is 0 Å².